The van der Waals surface area contributed by atoms with Gasteiger partial charge in [0.05, 0.1) is 7.11 Å². The largest absolute Gasteiger partial charge is 0.496 e. The van der Waals surface area contributed by atoms with Crippen LogP contribution in [0.25, 0.3) is 10.8 Å². The number of aromatic nitrogens is 1. The van der Waals surface area contributed by atoms with E-state index in [0.717, 1.165) is 10.8 Å². The van der Waals surface area contributed by atoms with Gasteiger partial charge in [0.2, 0.25) is 0 Å². The Labute approximate surface area is 114 Å². The second-order valence-electron chi connectivity index (χ2n) is 4.36. The average Bonchev–Trinajstić information content (AvgIpc) is 2.42. The van der Waals surface area contributed by atoms with Gasteiger partial charge >= 0.3 is 6.18 Å². The van der Waals surface area contributed by atoms with E-state index in [2.05, 4.69) is 10.3 Å². The third kappa shape index (κ3) is 3.53. The molecule has 0 bridgehead atoms. The first kappa shape index (κ1) is 14.4. The number of hydrogen-bond donors (Lipinski definition) is 1. The zero-order valence-electron chi connectivity index (χ0n) is 11.0. The van der Waals surface area contributed by atoms with E-state index >= 15 is 0 Å². The lowest BCUT2D eigenvalue weighted by Crippen LogP contribution is -2.11. The summed E-state index contributed by atoms with van der Waals surface area (Å²) in [5.41, 5.74) is 0. The van der Waals surface area contributed by atoms with Gasteiger partial charge in [-0.25, -0.2) is 4.98 Å². The van der Waals surface area contributed by atoms with Gasteiger partial charge in [-0.1, -0.05) is 12.1 Å². The molecule has 1 N–H and O–H groups in total. The quantitative estimate of drug-likeness (QED) is 0.843. The molecule has 108 valence electrons. The Hall–Kier alpha value is -1.98. The fourth-order valence-corrected chi connectivity index (χ4v) is 1.99. The van der Waals surface area contributed by atoms with Crippen LogP contribution in [-0.2, 0) is 0 Å². The Morgan fingerprint density at radius 1 is 1.20 bits per heavy atom. The first-order valence-corrected chi connectivity index (χ1v) is 6.23. The van der Waals surface area contributed by atoms with E-state index in [4.69, 9.17) is 4.74 Å². The van der Waals surface area contributed by atoms with E-state index in [1.165, 1.54) is 0 Å². The summed E-state index contributed by atoms with van der Waals surface area (Å²) in [4.78, 5) is 4.17. The maximum atomic E-state index is 12.1. The number of anilines is 1. The Balaban J connectivity index is 2.11. The third-order valence-corrected chi connectivity index (χ3v) is 2.92. The average molecular weight is 284 g/mol. The van der Waals surface area contributed by atoms with Crippen LogP contribution < -0.4 is 10.1 Å². The number of benzene rings is 1. The normalized spacial score (nSPS) is 11.6. The molecule has 2 aromatic rings. The lowest BCUT2D eigenvalue weighted by Gasteiger charge is -2.11. The molecule has 0 aliphatic carbocycles. The molecular formula is C14H15F3N2O. The standard InChI is InChI=1S/C14H15F3N2O/c1-20-12-5-2-4-11-10(12)6-9-19-13(11)18-8-3-7-14(15,16)17/h2,4-6,9H,3,7-8H2,1H3,(H,18,19). The van der Waals surface area contributed by atoms with Crippen molar-refractivity contribution in [3.8, 4) is 5.75 Å². The highest BCUT2D eigenvalue weighted by Gasteiger charge is 2.25. The second-order valence-corrected chi connectivity index (χ2v) is 4.36. The fraction of sp³-hybridized carbons (Fsp3) is 0.357. The number of methoxy groups -OCH3 is 1. The van der Waals surface area contributed by atoms with Crippen molar-refractivity contribution in [3.63, 3.8) is 0 Å². The number of nitrogens with one attached hydrogen (secondary N) is 1. The molecule has 0 aliphatic heterocycles. The van der Waals surface area contributed by atoms with Gasteiger partial charge in [0, 0.05) is 29.9 Å². The van der Waals surface area contributed by atoms with Crippen molar-refractivity contribution in [1.82, 2.24) is 4.98 Å². The zero-order valence-corrected chi connectivity index (χ0v) is 11.0. The SMILES string of the molecule is COc1cccc2c(NCCCC(F)(F)F)nccc12. The van der Waals surface area contributed by atoms with Crippen LogP contribution in [0.1, 0.15) is 12.8 Å². The Morgan fingerprint density at radius 2 is 2.00 bits per heavy atom. The van der Waals surface area contributed by atoms with Crippen molar-refractivity contribution in [2.24, 2.45) is 0 Å². The molecule has 20 heavy (non-hydrogen) atoms. The fourth-order valence-electron chi connectivity index (χ4n) is 1.99. The van der Waals surface area contributed by atoms with Gasteiger partial charge in [-0.2, -0.15) is 13.2 Å². The zero-order chi connectivity index (χ0) is 14.6. The Morgan fingerprint density at radius 3 is 2.70 bits per heavy atom. The molecule has 0 fully saturated rings. The van der Waals surface area contributed by atoms with Gasteiger partial charge in [-0.3, -0.25) is 0 Å². The molecule has 0 atom stereocenters. The van der Waals surface area contributed by atoms with E-state index < -0.39 is 12.6 Å². The van der Waals surface area contributed by atoms with Crippen LogP contribution in [0.4, 0.5) is 19.0 Å². The number of fused-ring (bicyclic) bond motifs is 1. The minimum atomic E-state index is -4.11. The lowest BCUT2D eigenvalue weighted by molar-refractivity contribution is -0.134. The van der Waals surface area contributed by atoms with E-state index in [-0.39, 0.29) is 13.0 Å². The van der Waals surface area contributed by atoms with Crippen molar-refractivity contribution in [2.45, 2.75) is 19.0 Å². The van der Waals surface area contributed by atoms with Crippen LogP contribution in [0.15, 0.2) is 30.5 Å². The molecule has 1 heterocycles. The van der Waals surface area contributed by atoms with Gasteiger partial charge in [0.15, 0.2) is 0 Å². The highest BCUT2D eigenvalue weighted by Crippen LogP contribution is 2.29. The van der Waals surface area contributed by atoms with E-state index in [0.29, 0.717) is 11.6 Å². The highest BCUT2D eigenvalue weighted by atomic mass is 19.4. The number of rotatable bonds is 5. The summed E-state index contributed by atoms with van der Waals surface area (Å²) in [5.74, 6) is 1.28. The van der Waals surface area contributed by atoms with Crippen molar-refractivity contribution in [1.29, 1.82) is 0 Å². The second kappa shape index (κ2) is 5.98. The monoisotopic (exact) mass is 284 g/mol. The smallest absolute Gasteiger partial charge is 0.389 e. The van der Waals surface area contributed by atoms with Gasteiger partial charge in [-0.05, 0) is 18.6 Å². The molecule has 6 heteroatoms. The van der Waals surface area contributed by atoms with Gasteiger partial charge in [0.25, 0.3) is 0 Å². The molecule has 0 amide bonds. The molecule has 2 rings (SSSR count). The van der Waals surface area contributed by atoms with Crippen molar-refractivity contribution in [2.75, 3.05) is 19.0 Å². The predicted molar refractivity (Wildman–Crippen MR) is 72.1 cm³/mol. The first-order valence-electron chi connectivity index (χ1n) is 6.23. The highest BCUT2D eigenvalue weighted by molar-refractivity contribution is 5.95. The number of halogens is 3. The summed E-state index contributed by atoms with van der Waals surface area (Å²) in [6.45, 7) is 0.225. The van der Waals surface area contributed by atoms with Gasteiger partial charge in [-0.15, -0.1) is 0 Å². The molecule has 1 aromatic carbocycles. The molecule has 0 unspecified atom stereocenters. The third-order valence-electron chi connectivity index (χ3n) is 2.92. The van der Waals surface area contributed by atoms with Gasteiger partial charge < -0.3 is 10.1 Å². The summed E-state index contributed by atoms with van der Waals surface area (Å²) in [6, 6.07) is 7.32. The molecule has 0 radical (unpaired) electrons. The Kier molecular flexibility index (Phi) is 4.32. The summed E-state index contributed by atoms with van der Waals surface area (Å²) in [5, 5.41) is 4.66. The molecule has 3 nitrogen and oxygen atoms in total. The van der Waals surface area contributed by atoms with Crippen molar-refractivity contribution >= 4 is 16.6 Å². The molecule has 0 saturated carbocycles. The summed E-state index contributed by atoms with van der Waals surface area (Å²) in [6.07, 6.45) is -3.28. The van der Waals surface area contributed by atoms with Crippen LogP contribution in [0.3, 0.4) is 0 Å². The molecule has 0 saturated heterocycles. The van der Waals surface area contributed by atoms with Crippen LogP contribution in [0.5, 0.6) is 5.75 Å². The molecule has 0 aliphatic rings. The molecule has 0 spiro atoms. The minimum absolute atomic E-state index is 0.0194. The van der Waals surface area contributed by atoms with E-state index in [9.17, 15) is 13.2 Å². The Bertz CT molecular complexity index is 584. The minimum Gasteiger partial charge on any atom is -0.496 e. The summed E-state index contributed by atoms with van der Waals surface area (Å²) in [7, 11) is 1.58. The van der Waals surface area contributed by atoms with Crippen LogP contribution in [-0.4, -0.2) is 24.8 Å². The molecule has 1 aromatic heterocycles. The topological polar surface area (TPSA) is 34.1 Å². The van der Waals surface area contributed by atoms with Crippen LogP contribution in [0, 0.1) is 0 Å². The maximum absolute atomic E-state index is 12.1. The number of nitrogens with zero attached hydrogens (tertiary/aromatic N) is 1. The van der Waals surface area contributed by atoms with Crippen LogP contribution in [0.2, 0.25) is 0 Å². The predicted octanol–water partition coefficient (Wildman–Crippen LogP) is 4.00. The number of ether oxygens (including phenoxy) is 1. The number of pyridine rings is 1. The maximum Gasteiger partial charge on any atom is 0.389 e. The number of hydrogen-bond acceptors (Lipinski definition) is 3. The van der Waals surface area contributed by atoms with Crippen molar-refractivity contribution in [3.05, 3.63) is 30.5 Å². The van der Waals surface area contributed by atoms with E-state index in [1.807, 2.05) is 24.3 Å². The summed E-state index contributed by atoms with van der Waals surface area (Å²) >= 11 is 0. The van der Waals surface area contributed by atoms with Crippen molar-refractivity contribution < 1.29 is 17.9 Å². The summed E-state index contributed by atoms with van der Waals surface area (Å²) < 4.78 is 41.5. The lowest BCUT2D eigenvalue weighted by atomic mass is 10.1. The van der Waals surface area contributed by atoms with Gasteiger partial charge in [0.1, 0.15) is 11.6 Å². The first-order chi connectivity index (χ1) is 9.51. The van der Waals surface area contributed by atoms with E-state index in [1.54, 1.807) is 13.3 Å². The molecular weight excluding hydrogens is 269 g/mol. The van der Waals surface area contributed by atoms with Crippen LogP contribution >= 0.6 is 0 Å². The number of alkyl halides is 3.